The van der Waals surface area contributed by atoms with Crippen molar-refractivity contribution in [2.45, 2.75) is 52.6 Å². The molecule has 2 aromatic rings. The van der Waals surface area contributed by atoms with Gasteiger partial charge in [-0.2, -0.15) is 0 Å². The smallest absolute Gasteiger partial charge is 0.243 e. The second kappa shape index (κ2) is 7.03. The van der Waals surface area contributed by atoms with Crippen molar-refractivity contribution in [2.24, 2.45) is 0 Å². The maximum Gasteiger partial charge on any atom is 0.243 e. The first-order valence-electron chi connectivity index (χ1n) is 8.44. The third kappa shape index (κ3) is 3.52. The molecule has 2 unspecified atom stereocenters. The number of anilines is 1. The van der Waals surface area contributed by atoms with Gasteiger partial charge >= 0.3 is 0 Å². The van der Waals surface area contributed by atoms with Gasteiger partial charge in [0.2, 0.25) is 5.91 Å². The van der Waals surface area contributed by atoms with Crippen molar-refractivity contribution in [1.82, 2.24) is 19.4 Å². The van der Waals surface area contributed by atoms with E-state index in [-0.39, 0.29) is 11.9 Å². The number of likely N-dealkylation sites (tertiary alicyclic amines) is 1. The van der Waals surface area contributed by atoms with Crippen LogP contribution in [0.1, 0.15) is 42.2 Å². The van der Waals surface area contributed by atoms with Crippen LogP contribution in [0.5, 0.6) is 0 Å². The van der Waals surface area contributed by atoms with Crippen LogP contribution in [0, 0.1) is 20.8 Å². The number of hydrogen-bond acceptors (Lipinski definition) is 5. The molecule has 1 aliphatic heterocycles. The second-order valence-corrected chi connectivity index (χ2v) is 7.70. The van der Waals surface area contributed by atoms with Crippen LogP contribution in [0.4, 0.5) is 5.13 Å². The number of piperidine rings is 1. The number of thiazole rings is 1. The number of carbonyl (C=O) groups is 1. The minimum absolute atomic E-state index is 0.0201. The highest BCUT2D eigenvalue weighted by molar-refractivity contribution is 7.15. The van der Waals surface area contributed by atoms with E-state index in [9.17, 15) is 4.79 Å². The lowest BCUT2D eigenvalue weighted by Crippen LogP contribution is -2.47. The molecule has 0 aliphatic carbocycles. The molecule has 1 aliphatic rings. The molecular weight excluding hydrogens is 322 g/mol. The van der Waals surface area contributed by atoms with Gasteiger partial charge in [0.1, 0.15) is 5.82 Å². The number of aryl methyl sites for hydroxylation is 3. The molecule has 0 saturated carbocycles. The van der Waals surface area contributed by atoms with Gasteiger partial charge in [0, 0.05) is 29.9 Å². The zero-order chi connectivity index (χ0) is 17.3. The molecule has 2 aromatic heterocycles. The van der Waals surface area contributed by atoms with Gasteiger partial charge in [0.05, 0.1) is 11.7 Å². The molecule has 24 heavy (non-hydrogen) atoms. The number of aromatic nitrogens is 3. The molecule has 3 rings (SSSR count). The van der Waals surface area contributed by atoms with Crippen molar-refractivity contribution in [3.8, 4) is 0 Å². The quantitative estimate of drug-likeness (QED) is 0.924. The summed E-state index contributed by atoms with van der Waals surface area (Å²) in [5.41, 5.74) is 0.983. The summed E-state index contributed by atoms with van der Waals surface area (Å²) in [4.78, 5) is 24.7. The van der Waals surface area contributed by atoms with Crippen molar-refractivity contribution >= 4 is 22.4 Å². The van der Waals surface area contributed by atoms with E-state index in [4.69, 9.17) is 0 Å². The third-order valence-corrected chi connectivity index (χ3v) is 5.86. The molecule has 0 aromatic carbocycles. The number of hydrogen-bond donors (Lipinski definition) is 1. The molecule has 2 atom stereocenters. The van der Waals surface area contributed by atoms with Crippen LogP contribution < -0.4 is 5.32 Å². The Morgan fingerprint density at radius 2 is 2.21 bits per heavy atom. The zero-order valence-corrected chi connectivity index (χ0v) is 15.6. The highest BCUT2D eigenvalue weighted by Gasteiger charge is 2.29. The molecule has 1 saturated heterocycles. The van der Waals surface area contributed by atoms with Gasteiger partial charge in [0.15, 0.2) is 5.13 Å². The molecule has 3 heterocycles. The van der Waals surface area contributed by atoms with Gasteiger partial charge in [-0.1, -0.05) is 0 Å². The summed E-state index contributed by atoms with van der Waals surface area (Å²) in [6, 6.07) is 0.224. The fourth-order valence-corrected chi connectivity index (χ4v) is 4.06. The highest BCUT2D eigenvalue weighted by Crippen LogP contribution is 2.25. The Balaban J connectivity index is 1.64. The Morgan fingerprint density at radius 1 is 1.42 bits per heavy atom. The monoisotopic (exact) mass is 347 g/mol. The summed E-state index contributed by atoms with van der Waals surface area (Å²) in [5, 5.41) is 3.66. The molecule has 0 bridgehead atoms. The minimum atomic E-state index is -0.166. The molecule has 1 amide bonds. The van der Waals surface area contributed by atoms with Gasteiger partial charge < -0.3 is 9.88 Å². The number of carbonyl (C=O) groups excluding carboxylic acids is 1. The van der Waals surface area contributed by atoms with E-state index in [1.807, 2.05) is 40.1 Å². The fourth-order valence-electron chi connectivity index (χ4n) is 3.24. The van der Waals surface area contributed by atoms with Crippen LogP contribution in [-0.4, -0.2) is 44.5 Å². The fraction of sp³-hybridized carbons (Fsp3) is 0.588. The largest absolute Gasteiger partial charge is 0.331 e. The molecule has 7 heteroatoms. The van der Waals surface area contributed by atoms with Crippen molar-refractivity contribution < 1.29 is 4.79 Å². The summed E-state index contributed by atoms with van der Waals surface area (Å²) < 4.78 is 2.23. The molecule has 1 fully saturated rings. The van der Waals surface area contributed by atoms with Crippen LogP contribution in [0.25, 0.3) is 0 Å². The first-order valence-corrected chi connectivity index (χ1v) is 9.25. The van der Waals surface area contributed by atoms with E-state index < -0.39 is 0 Å². The Labute approximate surface area is 146 Å². The maximum atomic E-state index is 12.6. The van der Waals surface area contributed by atoms with Gasteiger partial charge in [-0.25, -0.2) is 9.97 Å². The lowest BCUT2D eigenvalue weighted by molar-refractivity contribution is -0.121. The Kier molecular flexibility index (Phi) is 5.01. The van der Waals surface area contributed by atoms with Crippen molar-refractivity contribution in [2.75, 3.05) is 18.4 Å². The SMILES string of the molecule is Cc1nc(NC(=O)C(C)N2CCCC(n3ccnc3C)C2)sc1C. The summed E-state index contributed by atoms with van der Waals surface area (Å²) in [6.07, 6.45) is 6.11. The predicted molar refractivity (Wildman–Crippen MR) is 96.5 cm³/mol. The minimum Gasteiger partial charge on any atom is -0.331 e. The Hall–Kier alpha value is -1.73. The van der Waals surface area contributed by atoms with E-state index in [0.717, 1.165) is 42.3 Å². The number of nitrogens with one attached hydrogen (secondary N) is 1. The van der Waals surface area contributed by atoms with Gasteiger partial charge in [-0.15, -0.1) is 11.3 Å². The number of imidazole rings is 1. The average molecular weight is 347 g/mol. The summed E-state index contributed by atoms with van der Waals surface area (Å²) >= 11 is 1.53. The van der Waals surface area contributed by atoms with Crippen molar-refractivity contribution in [3.05, 3.63) is 28.8 Å². The van der Waals surface area contributed by atoms with E-state index in [2.05, 4.69) is 24.8 Å². The molecule has 0 spiro atoms. The lowest BCUT2D eigenvalue weighted by atomic mass is 10.0. The number of amides is 1. The van der Waals surface area contributed by atoms with Gasteiger partial charge in [0.25, 0.3) is 0 Å². The van der Waals surface area contributed by atoms with Crippen molar-refractivity contribution in [3.63, 3.8) is 0 Å². The molecular formula is C17H25N5OS. The van der Waals surface area contributed by atoms with Gasteiger partial charge in [-0.05, 0) is 47.1 Å². The molecule has 130 valence electrons. The first-order chi connectivity index (χ1) is 11.5. The predicted octanol–water partition coefficient (Wildman–Crippen LogP) is 2.93. The van der Waals surface area contributed by atoms with Gasteiger partial charge in [-0.3, -0.25) is 9.69 Å². The Bertz CT molecular complexity index is 703. The van der Waals surface area contributed by atoms with Crippen LogP contribution in [0.15, 0.2) is 12.4 Å². The molecule has 6 nitrogen and oxygen atoms in total. The molecule has 1 N–H and O–H groups in total. The lowest BCUT2D eigenvalue weighted by Gasteiger charge is -2.36. The van der Waals surface area contributed by atoms with E-state index in [1.165, 1.54) is 11.3 Å². The summed E-state index contributed by atoms with van der Waals surface area (Å²) in [5.74, 6) is 1.06. The topological polar surface area (TPSA) is 63.1 Å². The average Bonchev–Trinajstić information content (AvgIpc) is 3.12. The maximum absolute atomic E-state index is 12.6. The Morgan fingerprint density at radius 3 is 2.83 bits per heavy atom. The third-order valence-electron chi connectivity index (χ3n) is 4.87. The number of rotatable bonds is 4. The first kappa shape index (κ1) is 17.1. The van der Waals surface area contributed by atoms with Crippen molar-refractivity contribution in [1.29, 1.82) is 0 Å². The normalized spacial score (nSPS) is 20.1. The van der Waals surface area contributed by atoms with E-state index >= 15 is 0 Å². The van der Waals surface area contributed by atoms with Crippen LogP contribution in [0.2, 0.25) is 0 Å². The van der Waals surface area contributed by atoms with Crippen LogP contribution in [-0.2, 0) is 4.79 Å². The summed E-state index contributed by atoms with van der Waals surface area (Å²) in [7, 11) is 0. The second-order valence-electron chi connectivity index (χ2n) is 6.50. The van der Waals surface area contributed by atoms with E-state index in [1.54, 1.807) is 0 Å². The molecule has 0 radical (unpaired) electrons. The highest BCUT2D eigenvalue weighted by atomic mass is 32.1. The zero-order valence-electron chi connectivity index (χ0n) is 14.7. The summed E-state index contributed by atoms with van der Waals surface area (Å²) in [6.45, 7) is 9.83. The number of nitrogens with zero attached hydrogens (tertiary/aromatic N) is 4. The standard InChI is InChI=1S/C17H25N5OS/c1-11-13(3)24-17(19-11)20-16(23)12(2)21-8-5-6-15(10-21)22-9-7-18-14(22)4/h7,9,12,15H,5-6,8,10H2,1-4H3,(H,19,20,23). The van der Waals surface area contributed by atoms with Crippen LogP contribution >= 0.6 is 11.3 Å². The van der Waals surface area contributed by atoms with E-state index in [0.29, 0.717) is 11.2 Å². The van der Waals surface area contributed by atoms with Crippen LogP contribution in [0.3, 0.4) is 0 Å².